The first kappa shape index (κ1) is 21.6. The Bertz CT molecular complexity index is 730. The highest BCUT2D eigenvalue weighted by molar-refractivity contribution is 5.75. The second-order valence-electron chi connectivity index (χ2n) is 9.80. The lowest BCUT2D eigenvalue weighted by Gasteiger charge is -2.37. The minimum absolute atomic E-state index is 0.0670. The van der Waals surface area contributed by atoms with Gasteiger partial charge in [0.15, 0.2) is 11.6 Å². The Hall–Kier alpha value is -1.58. The Morgan fingerprint density at radius 1 is 0.967 bits per heavy atom. The fourth-order valence-electron chi connectivity index (χ4n) is 5.89. The fourth-order valence-corrected chi connectivity index (χ4v) is 5.89. The largest absolute Gasteiger partial charge is 0.490 e. The van der Waals surface area contributed by atoms with E-state index in [1.807, 2.05) is 0 Å². The van der Waals surface area contributed by atoms with E-state index in [2.05, 4.69) is 13.8 Å². The van der Waals surface area contributed by atoms with Crippen LogP contribution >= 0.6 is 0 Å². The lowest BCUT2D eigenvalue weighted by molar-refractivity contribution is -0.140. The zero-order valence-corrected chi connectivity index (χ0v) is 18.6. The van der Waals surface area contributed by atoms with Crippen molar-refractivity contribution >= 4 is 5.97 Å². The number of carbonyl (C=O) groups is 1. The van der Waals surface area contributed by atoms with Crippen LogP contribution in [0.2, 0.25) is 0 Å². The molecule has 0 N–H and O–H groups in total. The molecule has 2 fully saturated rings. The Morgan fingerprint density at radius 3 is 2.27 bits per heavy atom. The van der Waals surface area contributed by atoms with Gasteiger partial charge in [-0.05, 0) is 87.2 Å². The van der Waals surface area contributed by atoms with E-state index in [0.29, 0.717) is 5.75 Å². The minimum Gasteiger partial charge on any atom is -0.490 e. The van der Waals surface area contributed by atoms with E-state index in [9.17, 15) is 9.18 Å². The number of hydrogen-bond acceptors (Lipinski definition) is 3. The third-order valence-electron chi connectivity index (χ3n) is 8.05. The Balaban J connectivity index is 1.30. The molecular weight excluding hydrogens is 379 g/mol. The third kappa shape index (κ3) is 4.84. The van der Waals surface area contributed by atoms with Crippen LogP contribution in [0, 0.1) is 29.5 Å². The molecule has 4 heteroatoms. The van der Waals surface area contributed by atoms with E-state index in [-0.39, 0.29) is 23.7 Å². The van der Waals surface area contributed by atoms with Crippen LogP contribution in [-0.2, 0) is 11.2 Å². The molecule has 2 aliphatic carbocycles. The smallest absolute Gasteiger partial charge is 0.314 e. The summed E-state index contributed by atoms with van der Waals surface area (Å²) < 4.78 is 25.9. The normalized spacial score (nSPS) is 31.5. The summed E-state index contributed by atoms with van der Waals surface area (Å²) in [5, 5.41) is 0. The van der Waals surface area contributed by atoms with Crippen LogP contribution in [0.3, 0.4) is 0 Å². The Labute approximate surface area is 180 Å². The second-order valence-corrected chi connectivity index (χ2v) is 9.80. The predicted octanol–water partition coefficient (Wildman–Crippen LogP) is 6.86. The van der Waals surface area contributed by atoms with Crippen molar-refractivity contribution in [2.24, 2.45) is 23.7 Å². The molecule has 1 atom stereocenters. The van der Waals surface area contributed by atoms with Gasteiger partial charge >= 0.3 is 5.97 Å². The number of benzene rings is 1. The topological polar surface area (TPSA) is 35.5 Å². The summed E-state index contributed by atoms with van der Waals surface area (Å²) >= 11 is 0. The van der Waals surface area contributed by atoms with Crippen molar-refractivity contribution in [2.45, 2.75) is 97.0 Å². The molecule has 1 aromatic rings. The summed E-state index contributed by atoms with van der Waals surface area (Å²) in [5.41, 5.74) is 0.940. The highest BCUT2D eigenvalue weighted by atomic mass is 19.1. The maximum atomic E-state index is 14.5. The third-order valence-corrected chi connectivity index (χ3v) is 8.05. The van der Waals surface area contributed by atoms with Gasteiger partial charge in [0.05, 0.1) is 12.0 Å². The summed E-state index contributed by atoms with van der Waals surface area (Å²) in [6.45, 7) is 4.38. The molecule has 0 bridgehead atoms. The average molecular weight is 417 g/mol. The highest BCUT2D eigenvalue weighted by Crippen LogP contribution is 2.42. The van der Waals surface area contributed by atoms with E-state index in [4.69, 9.17) is 9.47 Å². The van der Waals surface area contributed by atoms with Gasteiger partial charge in [0.25, 0.3) is 0 Å². The van der Waals surface area contributed by atoms with Crippen molar-refractivity contribution < 1.29 is 18.7 Å². The van der Waals surface area contributed by atoms with E-state index < -0.39 is 5.82 Å². The van der Waals surface area contributed by atoms with E-state index in [1.165, 1.54) is 38.2 Å². The standard InChI is InChI=1S/C26H37FO3/c1-3-17-5-7-18(8-6-17)19-9-11-20(12-10-19)26(28)30-25-15-21-13-14-22(4-2)29-24(21)16-23(25)27/h15-20,22H,3-14H2,1-2H3. The molecule has 0 radical (unpaired) electrons. The number of fused-ring (bicyclic) bond motifs is 1. The van der Waals surface area contributed by atoms with Crippen LogP contribution in [-0.4, -0.2) is 12.1 Å². The SMILES string of the molecule is CCC1CCC(C2CCC(C(=O)Oc3cc4c(cc3F)OC(CC)CC4)CC2)CC1. The summed E-state index contributed by atoms with van der Waals surface area (Å²) in [6.07, 6.45) is 13.6. The maximum Gasteiger partial charge on any atom is 0.314 e. The van der Waals surface area contributed by atoms with Gasteiger partial charge in [-0.15, -0.1) is 0 Å². The number of ether oxygens (including phenoxy) is 2. The zero-order chi connectivity index (χ0) is 21.1. The first-order valence-corrected chi connectivity index (χ1v) is 12.3. The van der Waals surface area contributed by atoms with Crippen molar-refractivity contribution in [1.82, 2.24) is 0 Å². The number of hydrogen-bond donors (Lipinski definition) is 0. The van der Waals surface area contributed by atoms with Crippen molar-refractivity contribution in [1.29, 1.82) is 0 Å². The van der Waals surface area contributed by atoms with Gasteiger partial charge in [-0.3, -0.25) is 4.79 Å². The van der Waals surface area contributed by atoms with E-state index in [0.717, 1.165) is 68.3 Å². The minimum atomic E-state index is -0.500. The van der Waals surface area contributed by atoms with Crippen LogP contribution in [0.25, 0.3) is 0 Å². The first-order valence-electron chi connectivity index (χ1n) is 12.3. The molecule has 0 saturated heterocycles. The van der Waals surface area contributed by atoms with Gasteiger partial charge in [-0.25, -0.2) is 4.39 Å². The molecule has 0 aromatic heterocycles. The molecule has 0 amide bonds. The van der Waals surface area contributed by atoms with E-state index >= 15 is 0 Å². The van der Waals surface area contributed by atoms with Gasteiger partial charge in [0.1, 0.15) is 5.75 Å². The highest BCUT2D eigenvalue weighted by Gasteiger charge is 2.34. The van der Waals surface area contributed by atoms with Crippen LogP contribution in [0.5, 0.6) is 11.5 Å². The quantitative estimate of drug-likeness (QED) is 0.389. The second kappa shape index (κ2) is 9.70. The maximum absolute atomic E-state index is 14.5. The van der Waals surface area contributed by atoms with Crippen molar-refractivity contribution in [3.8, 4) is 11.5 Å². The predicted molar refractivity (Wildman–Crippen MR) is 116 cm³/mol. The molecule has 1 unspecified atom stereocenters. The first-order chi connectivity index (χ1) is 14.6. The number of rotatable bonds is 5. The van der Waals surface area contributed by atoms with Crippen LogP contribution < -0.4 is 9.47 Å². The van der Waals surface area contributed by atoms with Crippen molar-refractivity contribution in [2.75, 3.05) is 0 Å². The molecular formula is C26H37FO3. The molecule has 1 aliphatic heterocycles. The van der Waals surface area contributed by atoms with Gasteiger partial charge in [0, 0.05) is 6.07 Å². The molecule has 0 spiro atoms. The number of halogens is 1. The Kier molecular flexibility index (Phi) is 7.00. The molecule has 3 aliphatic rings. The van der Waals surface area contributed by atoms with Gasteiger partial charge in [-0.2, -0.15) is 0 Å². The number of esters is 1. The van der Waals surface area contributed by atoms with Crippen molar-refractivity contribution in [3.05, 3.63) is 23.5 Å². The molecule has 3 nitrogen and oxygen atoms in total. The zero-order valence-electron chi connectivity index (χ0n) is 18.6. The monoisotopic (exact) mass is 416 g/mol. The summed E-state index contributed by atoms with van der Waals surface area (Å²) in [6, 6.07) is 3.07. The lowest BCUT2D eigenvalue weighted by atomic mass is 9.69. The molecule has 1 aromatic carbocycles. The number of carbonyl (C=O) groups excluding carboxylic acids is 1. The Morgan fingerprint density at radius 2 is 1.63 bits per heavy atom. The molecule has 166 valence electrons. The summed E-state index contributed by atoms with van der Waals surface area (Å²) in [5.74, 6) is 2.35. The molecule has 30 heavy (non-hydrogen) atoms. The fraction of sp³-hybridized carbons (Fsp3) is 0.731. The van der Waals surface area contributed by atoms with E-state index in [1.54, 1.807) is 6.07 Å². The van der Waals surface area contributed by atoms with Gasteiger partial charge in [0.2, 0.25) is 0 Å². The summed E-state index contributed by atoms with van der Waals surface area (Å²) in [4.78, 5) is 12.7. The van der Waals surface area contributed by atoms with Crippen molar-refractivity contribution in [3.63, 3.8) is 0 Å². The molecule has 4 rings (SSSR count). The lowest BCUT2D eigenvalue weighted by Crippen LogP contribution is -2.30. The molecule has 2 saturated carbocycles. The van der Waals surface area contributed by atoms with Gasteiger partial charge in [-0.1, -0.05) is 33.1 Å². The summed E-state index contributed by atoms with van der Waals surface area (Å²) in [7, 11) is 0. The van der Waals surface area contributed by atoms with Gasteiger partial charge < -0.3 is 9.47 Å². The number of aryl methyl sites for hydroxylation is 1. The average Bonchev–Trinajstić information content (AvgIpc) is 2.79. The van der Waals surface area contributed by atoms with Crippen LogP contribution in [0.1, 0.15) is 90.0 Å². The molecule has 1 heterocycles. The van der Waals surface area contributed by atoms with Crippen LogP contribution in [0.4, 0.5) is 4.39 Å². The van der Waals surface area contributed by atoms with Crippen LogP contribution in [0.15, 0.2) is 12.1 Å².